The van der Waals surface area contributed by atoms with Gasteiger partial charge in [-0.1, -0.05) is 0 Å². The molecular formula is C11H20N2O2. The maximum Gasteiger partial charge on any atom is 0.410 e. The molecule has 0 radical (unpaired) electrons. The lowest BCUT2D eigenvalue weighted by atomic mass is 9.97. The second kappa shape index (κ2) is 3.37. The average molecular weight is 212 g/mol. The van der Waals surface area contributed by atoms with Crippen LogP contribution in [0.25, 0.3) is 0 Å². The summed E-state index contributed by atoms with van der Waals surface area (Å²) in [5.41, 5.74) is 5.55. The van der Waals surface area contributed by atoms with Crippen LogP contribution in [0.1, 0.15) is 40.0 Å². The van der Waals surface area contributed by atoms with Crippen LogP contribution in [0.4, 0.5) is 4.79 Å². The van der Waals surface area contributed by atoms with Gasteiger partial charge in [-0.3, -0.25) is 0 Å². The van der Waals surface area contributed by atoms with Gasteiger partial charge >= 0.3 is 6.09 Å². The Labute approximate surface area is 90.8 Å². The van der Waals surface area contributed by atoms with Gasteiger partial charge in [-0.25, -0.2) is 4.79 Å². The van der Waals surface area contributed by atoms with Crippen molar-refractivity contribution < 1.29 is 9.53 Å². The number of carbonyl (C=O) groups is 1. The third-order valence-electron chi connectivity index (χ3n) is 3.19. The Balaban J connectivity index is 2.03. The summed E-state index contributed by atoms with van der Waals surface area (Å²) < 4.78 is 5.38. The molecule has 15 heavy (non-hydrogen) atoms. The van der Waals surface area contributed by atoms with Crippen molar-refractivity contribution in [3.63, 3.8) is 0 Å². The monoisotopic (exact) mass is 212 g/mol. The zero-order chi connectivity index (χ0) is 11.2. The molecule has 2 rings (SSSR count). The first-order chi connectivity index (χ1) is 6.88. The minimum atomic E-state index is -0.413. The standard InChI is InChI=1S/C11H20N2O2/c1-11(2,3)15-10(14)13-7-4-5-9(13)8(12)6-7/h7-9H,4-6,12H2,1-3H3/t7-,8-,9-/m0/s1. The lowest BCUT2D eigenvalue weighted by molar-refractivity contribution is 0.0213. The quantitative estimate of drug-likeness (QED) is 0.661. The zero-order valence-electron chi connectivity index (χ0n) is 9.69. The van der Waals surface area contributed by atoms with Gasteiger partial charge in [0, 0.05) is 12.1 Å². The summed E-state index contributed by atoms with van der Waals surface area (Å²) in [4.78, 5) is 13.8. The molecular weight excluding hydrogens is 192 g/mol. The second-order valence-corrected chi connectivity index (χ2v) is 5.59. The van der Waals surface area contributed by atoms with Gasteiger partial charge in [0.15, 0.2) is 0 Å². The third-order valence-corrected chi connectivity index (χ3v) is 3.19. The van der Waals surface area contributed by atoms with Crippen LogP contribution in [0, 0.1) is 0 Å². The lowest BCUT2D eigenvalue weighted by Gasteiger charge is -2.27. The van der Waals surface area contributed by atoms with E-state index in [1.165, 1.54) is 0 Å². The Hall–Kier alpha value is -0.770. The minimum Gasteiger partial charge on any atom is -0.444 e. The number of rotatable bonds is 0. The summed E-state index contributed by atoms with van der Waals surface area (Å²) in [7, 11) is 0. The van der Waals surface area contributed by atoms with Crippen molar-refractivity contribution in [1.29, 1.82) is 0 Å². The van der Waals surface area contributed by atoms with E-state index in [0.29, 0.717) is 6.04 Å². The molecule has 0 aromatic heterocycles. The fourth-order valence-electron chi connectivity index (χ4n) is 2.63. The van der Waals surface area contributed by atoms with Crippen LogP contribution in [0.5, 0.6) is 0 Å². The Morgan fingerprint density at radius 2 is 2.07 bits per heavy atom. The molecule has 0 saturated carbocycles. The van der Waals surface area contributed by atoms with E-state index in [0.717, 1.165) is 19.3 Å². The van der Waals surface area contributed by atoms with Crippen LogP contribution in [0.2, 0.25) is 0 Å². The smallest absolute Gasteiger partial charge is 0.410 e. The van der Waals surface area contributed by atoms with Crippen LogP contribution in [0.3, 0.4) is 0 Å². The summed E-state index contributed by atoms with van der Waals surface area (Å²) in [6, 6.07) is 0.681. The predicted molar refractivity (Wildman–Crippen MR) is 57.5 cm³/mol. The Bertz CT molecular complexity index is 272. The average Bonchev–Trinajstić information content (AvgIpc) is 2.55. The van der Waals surface area contributed by atoms with Crippen LogP contribution in [0.15, 0.2) is 0 Å². The van der Waals surface area contributed by atoms with E-state index in [1.807, 2.05) is 25.7 Å². The fourth-order valence-corrected chi connectivity index (χ4v) is 2.63. The molecule has 0 unspecified atom stereocenters. The maximum atomic E-state index is 11.9. The molecule has 2 bridgehead atoms. The summed E-state index contributed by atoms with van der Waals surface area (Å²) >= 11 is 0. The predicted octanol–water partition coefficient (Wildman–Crippen LogP) is 1.49. The number of hydrogen-bond donors (Lipinski definition) is 1. The lowest BCUT2D eigenvalue weighted by Crippen LogP contribution is -2.43. The first-order valence-electron chi connectivity index (χ1n) is 5.65. The molecule has 86 valence electrons. The van der Waals surface area contributed by atoms with E-state index < -0.39 is 5.60 Å². The first kappa shape index (κ1) is 10.7. The molecule has 4 nitrogen and oxygen atoms in total. The number of hydrogen-bond acceptors (Lipinski definition) is 3. The molecule has 2 aliphatic rings. The molecule has 3 atom stereocenters. The molecule has 2 fully saturated rings. The van der Waals surface area contributed by atoms with E-state index in [1.54, 1.807) is 0 Å². The third kappa shape index (κ3) is 1.95. The highest BCUT2D eigenvalue weighted by molar-refractivity contribution is 5.70. The van der Waals surface area contributed by atoms with Crippen molar-refractivity contribution in [3.8, 4) is 0 Å². The van der Waals surface area contributed by atoms with Gasteiger partial charge in [0.1, 0.15) is 5.60 Å². The number of amides is 1. The summed E-state index contributed by atoms with van der Waals surface area (Å²) in [6.45, 7) is 5.68. The number of carbonyl (C=O) groups excluding carboxylic acids is 1. The van der Waals surface area contributed by atoms with Crippen molar-refractivity contribution in [2.75, 3.05) is 0 Å². The van der Waals surface area contributed by atoms with Crippen molar-refractivity contribution >= 4 is 6.09 Å². The van der Waals surface area contributed by atoms with Crippen LogP contribution in [-0.2, 0) is 4.74 Å². The molecule has 2 saturated heterocycles. The number of ether oxygens (including phenoxy) is 1. The number of nitrogens with two attached hydrogens (primary N) is 1. The highest BCUT2D eigenvalue weighted by Crippen LogP contribution is 2.37. The van der Waals surface area contributed by atoms with E-state index in [4.69, 9.17) is 10.5 Å². The van der Waals surface area contributed by atoms with Gasteiger partial charge in [0.25, 0.3) is 0 Å². The molecule has 2 aliphatic heterocycles. The van der Waals surface area contributed by atoms with Crippen molar-refractivity contribution in [3.05, 3.63) is 0 Å². The minimum absolute atomic E-state index is 0.149. The van der Waals surface area contributed by atoms with Gasteiger partial charge in [-0.15, -0.1) is 0 Å². The van der Waals surface area contributed by atoms with Gasteiger partial charge < -0.3 is 15.4 Å². The normalized spacial score (nSPS) is 34.7. The summed E-state index contributed by atoms with van der Waals surface area (Å²) in [5, 5.41) is 0. The van der Waals surface area contributed by atoms with Gasteiger partial charge in [-0.2, -0.15) is 0 Å². The summed E-state index contributed by atoms with van der Waals surface area (Å²) in [6.07, 6.45) is 2.86. The second-order valence-electron chi connectivity index (χ2n) is 5.59. The van der Waals surface area contributed by atoms with Crippen molar-refractivity contribution in [1.82, 2.24) is 4.90 Å². The van der Waals surface area contributed by atoms with Crippen LogP contribution < -0.4 is 5.73 Å². The van der Waals surface area contributed by atoms with Gasteiger partial charge in [-0.05, 0) is 40.0 Å². The van der Waals surface area contributed by atoms with Crippen molar-refractivity contribution in [2.24, 2.45) is 5.73 Å². The van der Waals surface area contributed by atoms with E-state index in [2.05, 4.69) is 0 Å². The van der Waals surface area contributed by atoms with E-state index >= 15 is 0 Å². The number of fused-ring (bicyclic) bond motifs is 2. The molecule has 2 N–H and O–H groups in total. The first-order valence-corrected chi connectivity index (χ1v) is 5.65. The molecule has 4 heteroatoms. The van der Waals surface area contributed by atoms with Crippen molar-refractivity contribution in [2.45, 2.75) is 63.8 Å². The molecule has 0 aromatic rings. The molecule has 0 spiro atoms. The maximum absolute atomic E-state index is 11.9. The molecule has 0 aliphatic carbocycles. The Kier molecular flexibility index (Phi) is 2.41. The van der Waals surface area contributed by atoms with Crippen LogP contribution in [-0.4, -0.2) is 34.7 Å². The Morgan fingerprint density at radius 3 is 2.47 bits per heavy atom. The largest absolute Gasteiger partial charge is 0.444 e. The highest BCUT2D eigenvalue weighted by atomic mass is 16.6. The number of nitrogens with zero attached hydrogens (tertiary/aromatic N) is 1. The van der Waals surface area contributed by atoms with Crippen LogP contribution >= 0.6 is 0 Å². The molecule has 1 amide bonds. The Morgan fingerprint density at radius 1 is 1.40 bits per heavy atom. The molecule has 2 heterocycles. The topological polar surface area (TPSA) is 55.6 Å². The van der Waals surface area contributed by atoms with E-state index in [9.17, 15) is 4.79 Å². The summed E-state index contributed by atoms with van der Waals surface area (Å²) in [5.74, 6) is 0. The van der Waals surface area contributed by atoms with E-state index in [-0.39, 0.29) is 18.2 Å². The van der Waals surface area contributed by atoms with Gasteiger partial charge in [0.2, 0.25) is 0 Å². The zero-order valence-corrected chi connectivity index (χ0v) is 9.69. The molecule has 0 aromatic carbocycles. The van der Waals surface area contributed by atoms with Gasteiger partial charge in [0.05, 0.1) is 6.04 Å². The fraction of sp³-hybridized carbons (Fsp3) is 0.909. The highest BCUT2D eigenvalue weighted by Gasteiger charge is 2.48. The SMILES string of the molecule is CC(C)(C)OC(=O)N1[C@H]2CC[C@H]1[C@@H](N)C2.